The lowest BCUT2D eigenvalue weighted by molar-refractivity contribution is 0.0527. The van der Waals surface area contributed by atoms with Crippen molar-refractivity contribution in [1.82, 2.24) is 0 Å². The Bertz CT molecular complexity index is 602. The lowest BCUT2D eigenvalue weighted by atomic mass is 9.96. The standard InChI is InChI=1S/C16H14O3/c1-2-19-16(18)15-10-6-5-9-14(15)13-8-4-3-7-12(13)11-17/h3-11H,2H2,1H3. The van der Waals surface area contributed by atoms with Gasteiger partial charge in [0.15, 0.2) is 6.29 Å². The second-order valence-corrected chi connectivity index (χ2v) is 3.97. The Morgan fingerprint density at radius 2 is 1.68 bits per heavy atom. The second-order valence-electron chi connectivity index (χ2n) is 3.97. The van der Waals surface area contributed by atoms with Crippen LogP contribution in [0.15, 0.2) is 48.5 Å². The molecule has 0 bridgehead atoms. The summed E-state index contributed by atoms with van der Waals surface area (Å²) < 4.78 is 5.04. The maximum absolute atomic E-state index is 11.9. The van der Waals surface area contributed by atoms with Crippen molar-refractivity contribution in [2.75, 3.05) is 6.61 Å². The molecule has 3 heteroatoms. The molecule has 0 fully saturated rings. The summed E-state index contributed by atoms with van der Waals surface area (Å²) in [5.74, 6) is -0.376. The molecule has 2 aromatic rings. The summed E-state index contributed by atoms with van der Waals surface area (Å²) in [5, 5.41) is 0. The molecular weight excluding hydrogens is 240 g/mol. The van der Waals surface area contributed by atoms with Gasteiger partial charge in [-0.3, -0.25) is 4.79 Å². The molecule has 0 aliphatic rings. The average Bonchev–Trinajstić information content (AvgIpc) is 2.47. The van der Waals surface area contributed by atoms with Crippen LogP contribution in [-0.4, -0.2) is 18.9 Å². The highest BCUT2D eigenvalue weighted by atomic mass is 16.5. The summed E-state index contributed by atoms with van der Waals surface area (Å²) in [7, 11) is 0. The molecule has 96 valence electrons. The Morgan fingerprint density at radius 1 is 1.05 bits per heavy atom. The van der Waals surface area contributed by atoms with E-state index in [1.54, 1.807) is 31.2 Å². The molecular formula is C16H14O3. The molecule has 2 aromatic carbocycles. The first-order valence-electron chi connectivity index (χ1n) is 6.08. The zero-order chi connectivity index (χ0) is 13.7. The molecule has 19 heavy (non-hydrogen) atoms. The number of esters is 1. The van der Waals surface area contributed by atoms with Crippen molar-refractivity contribution in [2.24, 2.45) is 0 Å². The van der Waals surface area contributed by atoms with Crippen LogP contribution in [0.4, 0.5) is 0 Å². The van der Waals surface area contributed by atoms with Crippen molar-refractivity contribution < 1.29 is 14.3 Å². The molecule has 0 aliphatic carbocycles. The van der Waals surface area contributed by atoms with E-state index < -0.39 is 0 Å². The SMILES string of the molecule is CCOC(=O)c1ccccc1-c1ccccc1C=O. The molecule has 0 saturated heterocycles. The molecule has 0 saturated carbocycles. The minimum absolute atomic E-state index is 0.322. The van der Waals surface area contributed by atoms with Crippen LogP contribution in [0, 0.1) is 0 Å². The van der Waals surface area contributed by atoms with E-state index >= 15 is 0 Å². The number of rotatable bonds is 4. The summed E-state index contributed by atoms with van der Waals surface area (Å²) in [6.45, 7) is 2.09. The van der Waals surface area contributed by atoms with Gasteiger partial charge in [0.1, 0.15) is 0 Å². The van der Waals surface area contributed by atoms with Crippen molar-refractivity contribution in [2.45, 2.75) is 6.92 Å². The quantitative estimate of drug-likeness (QED) is 0.620. The van der Waals surface area contributed by atoms with Gasteiger partial charge in [-0.1, -0.05) is 42.5 Å². The van der Waals surface area contributed by atoms with E-state index in [2.05, 4.69) is 0 Å². The first kappa shape index (κ1) is 13.0. The van der Waals surface area contributed by atoms with E-state index in [9.17, 15) is 9.59 Å². The first-order chi connectivity index (χ1) is 9.27. The summed E-state index contributed by atoms with van der Waals surface area (Å²) in [6, 6.07) is 14.3. The molecule has 3 nitrogen and oxygen atoms in total. The summed E-state index contributed by atoms with van der Waals surface area (Å²) in [6.07, 6.45) is 0.789. The Morgan fingerprint density at radius 3 is 2.37 bits per heavy atom. The normalized spacial score (nSPS) is 9.95. The molecule has 0 amide bonds. The van der Waals surface area contributed by atoms with Gasteiger partial charge in [0.05, 0.1) is 12.2 Å². The lowest BCUT2D eigenvalue weighted by Crippen LogP contribution is -2.06. The van der Waals surface area contributed by atoms with E-state index in [4.69, 9.17) is 4.74 Å². The smallest absolute Gasteiger partial charge is 0.338 e. The molecule has 0 unspecified atom stereocenters. The molecule has 0 radical (unpaired) electrons. The number of hydrogen-bond donors (Lipinski definition) is 0. The van der Waals surface area contributed by atoms with Gasteiger partial charge in [-0.2, -0.15) is 0 Å². The molecule has 0 N–H and O–H groups in total. The van der Waals surface area contributed by atoms with E-state index in [0.29, 0.717) is 23.3 Å². The average molecular weight is 254 g/mol. The van der Waals surface area contributed by atoms with Gasteiger partial charge in [0.25, 0.3) is 0 Å². The maximum atomic E-state index is 11.9. The van der Waals surface area contributed by atoms with Crippen LogP contribution in [-0.2, 0) is 4.74 Å². The van der Waals surface area contributed by atoms with Gasteiger partial charge < -0.3 is 4.74 Å². The van der Waals surface area contributed by atoms with E-state index in [1.807, 2.05) is 24.3 Å². The number of benzene rings is 2. The Balaban J connectivity index is 2.56. The van der Waals surface area contributed by atoms with E-state index in [0.717, 1.165) is 11.8 Å². The lowest BCUT2D eigenvalue weighted by Gasteiger charge is -2.10. The van der Waals surface area contributed by atoms with E-state index in [-0.39, 0.29) is 5.97 Å². The molecule has 0 aliphatic heterocycles. The van der Waals surface area contributed by atoms with Gasteiger partial charge in [-0.15, -0.1) is 0 Å². The summed E-state index contributed by atoms with van der Waals surface area (Å²) >= 11 is 0. The number of ether oxygens (including phenoxy) is 1. The monoisotopic (exact) mass is 254 g/mol. The van der Waals surface area contributed by atoms with Crippen LogP contribution < -0.4 is 0 Å². The molecule has 0 spiro atoms. The molecule has 2 rings (SSSR count). The van der Waals surface area contributed by atoms with Gasteiger partial charge in [-0.05, 0) is 24.1 Å². The van der Waals surface area contributed by atoms with Gasteiger partial charge in [0, 0.05) is 5.56 Å². The van der Waals surface area contributed by atoms with Crippen molar-refractivity contribution in [3.8, 4) is 11.1 Å². The third-order valence-corrected chi connectivity index (χ3v) is 2.80. The third kappa shape index (κ3) is 2.71. The van der Waals surface area contributed by atoms with Gasteiger partial charge in [0.2, 0.25) is 0 Å². The van der Waals surface area contributed by atoms with Crippen LogP contribution in [0.5, 0.6) is 0 Å². The van der Waals surface area contributed by atoms with Crippen LogP contribution in [0.2, 0.25) is 0 Å². The Hall–Kier alpha value is -2.42. The topological polar surface area (TPSA) is 43.4 Å². The summed E-state index contributed by atoms with van der Waals surface area (Å²) in [5.41, 5.74) is 2.47. The van der Waals surface area contributed by atoms with Crippen LogP contribution >= 0.6 is 0 Å². The predicted octanol–water partition coefficient (Wildman–Crippen LogP) is 3.34. The highest BCUT2D eigenvalue weighted by Gasteiger charge is 2.14. The van der Waals surface area contributed by atoms with Crippen molar-refractivity contribution in [1.29, 1.82) is 0 Å². The fourth-order valence-corrected chi connectivity index (χ4v) is 1.95. The Kier molecular flexibility index (Phi) is 4.08. The van der Waals surface area contributed by atoms with Crippen molar-refractivity contribution in [3.63, 3.8) is 0 Å². The van der Waals surface area contributed by atoms with Crippen LogP contribution in [0.3, 0.4) is 0 Å². The van der Waals surface area contributed by atoms with Crippen LogP contribution in [0.1, 0.15) is 27.6 Å². The largest absolute Gasteiger partial charge is 0.462 e. The number of hydrogen-bond acceptors (Lipinski definition) is 3. The van der Waals surface area contributed by atoms with Gasteiger partial charge in [-0.25, -0.2) is 4.79 Å². The molecule has 0 aromatic heterocycles. The van der Waals surface area contributed by atoms with Crippen LogP contribution in [0.25, 0.3) is 11.1 Å². The summed E-state index contributed by atoms with van der Waals surface area (Å²) in [4.78, 5) is 23.0. The minimum Gasteiger partial charge on any atom is -0.462 e. The fraction of sp³-hybridized carbons (Fsp3) is 0.125. The fourth-order valence-electron chi connectivity index (χ4n) is 1.95. The maximum Gasteiger partial charge on any atom is 0.338 e. The zero-order valence-corrected chi connectivity index (χ0v) is 10.6. The second kappa shape index (κ2) is 5.96. The number of carbonyl (C=O) groups excluding carboxylic acids is 2. The molecule has 0 heterocycles. The highest BCUT2D eigenvalue weighted by Crippen LogP contribution is 2.26. The van der Waals surface area contributed by atoms with Gasteiger partial charge >= 0.3 is 5.97 Å². The highest BCUT2D eigenvalue weighted by molar-refractivity contribution is 6.00. The first-order valence-corrected chi connectivity index (χ1v) is 6.08. The number of aldehydes is 1. The minimum atomic E-state index is -0.376. The third-order valence-electron chi connectivity index (χ3n) is 2.80. The molecule has 0 atom stereocenters. The number of carbonyl (C=O) groups is 2. The van der Waals surface area contributed by atoms with Crippen molar-refractivity contribution >= 4 is 12.3 Å². The predicted molar refractivity (Wildman–Crippen MR) is 73.2 cm³/mol. The van der Waals surface area contributed by atoms with Crippen molar-refractivity contribution in [3.05, 3.63) is 59.7 Å². The zero-order valence-electron chi connectivity index (χ0n) is 10.6. The van der Waals surface area contributed by atoms with E-state index in [1.165, 1.54) is 0 Å². The Labute approximate surface area is 111 Å².